The number of carbonyl (C=O) groups excluding carboxylic acids is 2. The van der Waals surface area contributed by atoms with E-state index >= 15 is 0 Å². The summed E-state index contributed by atoms with van der Waals surface area (Å²) in [6.07, 6.45) is 0.955. The summed E-state index contributed by atoms with van der Waals surface area (Å²) in [5.74, 6) is -10.1. The molecule has 2 aromatic heterocycles. The molecule has 1 aliphatic carbocycles. The van der Waals surface area contributed by atoms with Gasteiger partial charge in [-0.25, -0.2) is 17.6 Å². The third-order valence-electron chi connectivity index (χ3n) is 4.78. The Bertz CT molecular complexity index is 1330. The first kappa shape index (κ1) is 18.1. The summed E-state index contributed by atoms with van der Waals surface area (Å²) in [7, 11) is 0. The van der Waals surface area contributed by atoms with Crippen LogP contribution in [0.25, 0.3) is 28.6 Å². The van der Waals surface area contributed by atoms with Crippen molar-refractivity contribution in [3.8, 4) is 11.3 Å². The molecule has 0 unspecified atom stereocenters. The number of carbonyl (C=O) groups is 2. The Morgan fingerprint density at radius 1 is 0.700 bits per heavy atom. The number of fused-ring (bicyclic) bond motifs is 2. The highest BCUT2D eigenvalue weighted by atomic mass is 19.2. The summed E-state index contributed by atoms with van der Waals surface area (Å²) < 4.78 is 66.1. The van der Waals surface area contributed by atoms with Crippen molar-refractivity contribution in [3.05, 3.63) is 88.2 Å². The normalized spacial score (nSPS) is 13.4. The number of furan rings is 2. The molecule has 4 nitrogen and oxygen atoms in total. The minimum absolute atomic E-state index is 0.00497. The zero-order chi connectivity index (χ0) is 21.2. The van der Waals surface area contributed by atoms with E-state index in [2.05, 4.69) is 0 Å². The first-order valence-corrected chi connectivity index (χ1v) is 8.62. The minimum Gasteiger partial charge on any atom is -0.453 e. The number of halogens is 4. The lowest BCUT2D eigenvalue weighted by Gasteiger charge is -2.02. The molecule has 0 saturated carbocycles. The Morgan fingerprint density at radius 2 is 1.27 bits per heavy atom. The topological polar surface area (TPSA) is 60.4 Å². The zero-order valence-electron chi connectivity index (χ0n) is 14.8. The molecule has 1 aliphatic rings. The van der Waals surface area contributed by atoms with Crippen molar-refractivity contribution in [3.63, 3.8) is 0 Å². The second kappa shape index (κ2) is 6.28. The summed E-state index contributed by atoms with van der Waals surface area (Å²) in [6.45, 7) is 0. The van der Waals surface area contributed by atoms with Gasteiger partial charge < -0.3 is 8.83 Å². The number of allylic oxidation sites excluding steroid dienone is 1. The quantitative estimate of drug-likeness (QED) is 0.139. The maximum absolute atomic E-state index is 14.0. The molecule has 0 bridgehead atoms. The van der Waals surface area contributed by atoms with E-state index in [9.17, 15) is 27.2 Å². The van der Waals surface area contributed by atoms with Crippen molar-refractivity contribution in [2.24, 2.45) is 0 Å². The van der Waals surface area contributed by atoms with E-state index in [1.165, 1.54) is 6.07 Å². The molecule has 0 fully saturated rings. The van der Waals surface area contributed by atoms with Crippen LogP contribution in [-0.2, 0) is 0 Å². The minimum atomic E-state index is -2.15. The van der Waals surface area contributed by atoms with Crippen molar-refractivity contribution in [2.45, 2.75) is 0 Å². The van der Waals surface area contributed by atoms with E-state index in [0.717, 1.165) is 11.6 Å². The van der Waals surface area contributed by atoms with Gasteiger partial charge in [0.2, 0.25) is 11.6 Å². The van der Waals surface area contributed by atoms with Crippen LogP contribution in [0.15, 0.2) is 56.9 Å². The number of hydrogen-bond acceptors (Lipinski definition) is 4. The van der Waals surface area contributed by atoms with Crippen molar-refractivity contribution in [1.29, 1.82) is 0 Å². The fourth-order valence-electron chi connectivity index (χ4n) is 3.37. The van der Waals surface area contributed by atoms with Gasteiger partial charge in [-0.15, -0.1) is 0 Å². The van der Waals surface area contributed by atoms with Gasteiger partial charge in [0.15, 0.2) is 34.4 Å². The monoisotopic (exact) mass is 412 g/mol. The molecule has 4 aromatic rings. The molecule has 0 aliphatic heterocycles. The summed E-state index contributed by atoms with van der Waals surface area (Å²) >= 11 is 0. The van der Waals surface area contributed by atoms with Crippen molar-refractivity contribution >= 4 is 28.8 Å². The lowest BCUT2D eigenvalue weighted by Crippen LogP contribution is -2.07. The van der Waals surface area contributed by atoms with Gasteiger partial charge >= 0.3 is 0 Å². The van der Waals surface area contributed by atoms with E-state index in [1.54, 1.807) is 6.07 Å². The SMILES string of the molecule is O=C1C(=Cc2cc3oc(-c4ccccc4)cc3o2)C(=O)c2c(F)c(F)c(F)c(F)c21. The van der Waals surface area contributed by atoms with Crippen molar-refractivity contribution < 1.29 is 36.0 Å². The molecule has 0 N–H and O–H groups in total. The number of rotatable bonds is 2. The lowest BCUT2D eigenvalue weighted by molar-refractivity contribution is 0.0988. The van der Waals surface area contributed by atoms with Crippen LogP contribution in [-0.4, -0.2) is 11.6 Å². The van der Waals surface area contributed by atoms with Gasteiger partial charge in [0.05, 0.1) is 16.7 Å². The van der Waals surface area contributed by atoms with Crippen LogP contribution >= 0.6 is 0 Å². The predicted molar refractivity (Wildman–Crippen MR) is 96.8 cm³/mol. The van der Waals surface area contributed by atoms with Gasteiger partial charge in [0.25, 0.3) is 0 Å². The highest BCUT2D eigenvalue weighted by Gasteiger charge is 2.42. The molecule has 2 heterocycles. The fourth-order valence-corrected chi connectivity index (χ4v) is 3.37. The largest absolute Gasteiger partial charge is 0.453 e. The molecule has 0 atom stereocenters. The molecule has 8 heteroatoms. The Morgan fingerprint density at radius 3 is 1.83 bits per heavy atom. The van der Waals surface area contributed by atoms with E-state index in [0.29, 0.717) is 16.9 Å². The number of hydrogen-bond donors (Lipinski definition) is 0. The van der Waals surface area contributed by atoms with Crippen LogP contribution in [0.3, 0.4) is 0 Å². The lowest BCUT2D eigenvalue weighted by atomic mass is 10.1. The number of Topliss-reactive ketones (excluding diaryl/α,β-unsaturated/α-hetero) is 2. The third-order valence-corrected chi connectivity index (χ3v) is 4.78. The molecule has 30 heavy (non-hydrogen) atoms. The molecular weight excluding hydrogens is 404 g/mol. The molecule has 0 radical (unpaired) electrons. The van der Waals surface area contributed by atoms with Crippen LogP contribution in [0.4, 0.5) is 17.6 Å². The summed E-state index contributed by atoms with van der Waals surface area (Å²) in [6, 6.07) is 12.1. The van der Waals surface area contributed by atoms with Crippen LogP contribution in [0.1, 0.15) is 26.5 Å². The highest BCUT2D eigenvalue weighted by molar-refractivity contribution is 6.41. The van der Waals surface area contributed by atoms with Crippen molar-refractivity contribution in [1.82, 2.24) is 0 Å². The molecular formula is C22H8F4O4. The average Bonchev–Trinajstić information content (AvgIpc) is 3.38. The van der Waals surface area contributed by atoms with Crippen molar-refractivity contribution in [2.75, 3.05) is 0 Å². The average molecular weight is 412 g/mol. The Labute approximate surface area is 165 Å². The van der Waals surface area contributed by atoms with Gasteiger partial charge in [0, 0.05) is 17.7 Å². The first-order chi connectivity index (χ1) is 14.4. The van der Waals surface area contributed by atoms with E-state index in [4.69, 9.17) is 8.83 Å². The molecule has 0 spiro atoms. The van der Waals surface area contributed by atoms with E-state index in [-0.39, 0.29) is 5.76 Å². The third kappa shape index (κ3) is 2.46. The van der Waals surface area contributed by atoms with Crippen LogP contribution in [0.2, 0.25) is 0 Å². The van der Waals surface area contributed by atoms with Gasteiger partial charge in [-0.05, 0) is 6.08 Å². The number of benzene rings is 2. The maximum Gasteiger partial charge on any atom is 0.201 e. The van der Waals surface area contributed by atoms with Gasteiger partial charge in [-0.2, -0.15) is 0 Å². The van der Waals surface area contributed by atoms with E-state index < -0.39 is 51.5 Å². The Balaban J connectivity index is 1.57. The number of ketones is 2. The second-order valence-corrected chi connectivity index (χ2v) is 6.58. The fraction of sp³-hybridized carbons (Fsp3) is 0. The van der Waals surface area contributed by atoms with Crippen LogP contribution in [0.5, 0.6) is 0 Å². The van der Waals surface area contributed by atoms with Gasteiger partial charge in [0.1, 0.15) is 11.5 Å². The Hall–Kier alpha value is -3.94. The zero-order valence-corrected chi connectivity index (χ0v) is 14.8. The standard InChI is InChI=1S/C22H8F4O4/c23-17-15-16(18(24)20(26)19(17)25)22(28)11(21(15)27)6-10-7-13-14(29-10)8-12(30-13)9-4-2-1-3-5-9/h1-8H. The maximum atomic E-state index is 14.0. The molecule has 2 aromatic carbocycles. The second-order valence-electron chi connectivity index (χ2n) is 6.58. The summed E-state index contributed by atoms with van der Waals surface area (Å²) in [5.41, 5.74) is -1.52. The van der Waals surface area contributed by atoms with Crippen LogP contribution in [0, 0.1) is 23.3 Å². The van der Waals surface area contributed by atoms with Gasteiger partial charge in [-0.1, -0.05) is 30.3 Å². The smallest absolute Gasteiger partial charge is 0.201 e. The molecule has 148 valence electrons. The molecule has 5 rings (SSSR count). The first-order valence-electron chi connectivity index (χ1n) is 8.62. The Kier molecular flexibility index (Phi) is 3.79. The molecule has 0 saturated heterocycles. The molecule has 0 amide bonds. The van der Waals surface area contributed by atoms with Crippen LogP contribution < -0.4 is 0 Å². The predicted octanol–water partition coefficient (Wildman–Crippen LogP) is 5.71. The van der Waals surface area contributed by atoms with Gasteiger partial charge in [-0.3, -0.25) is 9.59 Å². The summed E-state index contributed by atoms with van der Waals surface area (Å²) in [5, 5.41) is 0. The van der Waals surface area contributed by atoms with E-state index in [1.807, 2.05) is 30.3 Å². The summed E-state index contributed by atoms with van der Waals surface area (Å²) in [4.78, 5) is 24.8. The highest BCUT2D eigenvalue weighted by Crippen LogP contribution is 2.36.